The van der Waals surface area contributed by atoms with Crippen molar-refractivity contribution in [2.45, 2.75) is 37.9 Å². The van der Waals surface area contributed by atoms with Crippen LogP contribution in [-0.4, -0.2) is 35.1 Å². The van der Waals surface area contributed by atoms with Gasteiger partial charge in [-0.3, -0.25) is 0 Å². The van der Waals surface area contributed by atoms with Crippen LogP contribution in [0.3, 0.4) is 0 Å². The molecule has 0 radical (unpaired) electrons. The first kappa shape index (κ1) is 17.9. The zero-order chi connectivity index (χ0) is 19.0. The number of nitrogens with zero attached hydrogens (tertiary/aromatic N) is 1. The number of hydrogen-bond donors (Lipinski definition) is 1. The van der Waals surface area contributed by atoms with E-state index >= 15 is 0 Å². The van der Waals surface area contributed by atoms with Gasteiger partial charge in [0.2, 0.25) is 0 Å². The average molecular weight is 373 g/mol. The molecular weight excluding hydrogens is 352 g/mol. The molecule has 0 saturated heterocycles. The third kappa shape index (κ3) is 3.41. The van der Waals surface area contributed by atoms with Gasteiger partial charge in [0.1, 0.15) is 12.7 Å². The Morgan fingerprint density at radius 2 is 1.81 bits per heavy atom. The highest BCUT2D eigenvalue weighted by Gasteiger charge is 2.48. The first-order valence-corrected chi connectivity index (χ1v) is 9.11. The number of carbonyl (C=O) groups is 1. The monoisotopic (exact) mass is 373 g/mol. The summed E-state index contributed by atoms with van der Waals surface area (Å²) >= 11 is 0. The first-order valence-electron chi connectivity index (χ1n) is 9.11. The van der Waals surface area contributed by atoms with Crippen molar-refractivity contribution in [1.82, 2.24) is 4.90 Å². The molecule has 27 heavy (non-hydrogen) atoms. The van der Waals surface area contributed by atoms with Gasteiger partial charge in [-0.15, -0.1) is 0 Å². The Morgan fingerprint density at radius 1 is 1.11 bits per heavy atom. The van der Waals surface area contributed by atoms with Gasteiger partial charge in [0.15, 0.2) is 0 Å². The van der Waals surface area contributed by atoms with Crippen LogP contribution >= 0.6 is 0 Å². The molecule has 1 atom stereocenters. The quantitative estimate of drug-likeness (QED) is 0.874. The number of fused-ring (bicyclic) bond motifs is 3. The Hall–Kier alpha value is -2.47. The van der Waals surface area contributed by atoms with Gasteiger partial charge in [0.25, 0.3) is 5.92 Å². The lowest BCUT2D eigenvalue weighted by Crippen LogP contribution is -2.33. The van der Waals surface area contributed by atoms with Crippen LogP contribution in [-0.2, 0) is 30.6 Å². The Bertz CT molecular complexity index is 854. The zero-order valence-electron chi connectivity index (χ0n) is 14.8. The summed E-state index contributed by atoms with van der Waals surface area (Å²) < 4.78 is 33.3. The Kier molecular flexibility index (Phi) is 4.60. The largest absolute Gasteiger partial charge is 0.445 e. The zero-order valence-corrected chi connectivity index (χ0v) is 14.8. The molecule has 0 aromatic heterocycles. The summed E-state index contributed by atoms with van der Waals surface area (Å²) in [7, 11) is 0. The van der Waals surface area contributed by atoms with Gasteiger partial charge in [-0.1, -0.05) is 42.5 Å². The number of aliphatic hydroxyl groups is 1. The number of ether oxygens (including phenoxy) is 1. The highest BCUT2D eigenvalue weighted by atomic mass is 19.3. The lowest BCUT2D eigenvalue weighted by molar-refractivity contribution is -0.0970. The van der Waals surface area contributed by atoms with Crippen LogP contribution in [0.25, 0.3) is 0 Å². The second-order valence-corrected chi connectivity index (χ2v) is 7.14. The Morgan fingerprint density at radius 3 is 2.59 bits per heavy atom. The van der Waals surface area contributed by atoms with Crippen molar-refractivity contribution in [1.29, 1.82) is 0 Å². The summed E-state index contributed by atoms with van der Waals surface area (Å²) in [6.45, 7) is 1.05. The minimum absolute atomic E-state index is 0.198. The van der Waals surface area contributed by atoms with E-state index in [1.807, 2.05) is 36.4 Å². The Labute approximate surface area is 156 Å². The number of alkyl halides is 2. The predicted molar refractivity (Wildman–Crippen MR) is 95.7 cm³/mol. The Balaban J connectivity index is 1.46. The molecule has 0 spiro atoms. The summed E-state index contributed by atoms with van der Waals surface area (Å²) in [5.74, 6) is -3.13. The molecule has 1 unspecified atom stereocenters. The van der Waals surface area contributed by atoms with Crippen LogP contribution in [0.1, 0.15) is 33.9 Å². The number of amides is 1. The van der Waals surface area contributed by atoms with E-state index in [1.54, 1.807) is 11.0 Å². The summed E-state index contributed by atoms with van der Waals surface area (Å²) in [6.07, 6.45) is -1.61. The highest BCUT2D eigenvalue weighted by Crippen LogP contribution is 2.45. The lowest BCUT2D eigenvalue weighted by Gasteiger charge is -2.20. The van der Waals surface area contributed by atoms with Crippen molar-refractivity contribution in [3.63, 3.8) is 0 Å². The van der Waals surface area contributed by atoms with E-state index in [0.717, 1.165) is 16.7 Å². The van der Waals surface area contributed by atoms with Gasteiger partial charge >= 0.3 is 6.09 Å². The second-order valence-electron chi connectivity index (χ2n) is 7.14. The molecule has 4 nitrogen and oxygen atoms in total. The van der Waals surface area contributed by atoms with E-state index in [-0.39, 0.29) is 6.61 Å². The van der Waals surface area contributed by atoms with Crippen LogP contribution in [0.2, 0.25) is 0 Å². The molecule has 2 aromatic carbocycles. The fourth-order valence-electron chi connectivity index (χ4n) is 3.95. The molecule has 1 amide bonds. The number of aliphatic hydroxyl groups excluding tert-OH is 1. The van der Waals surface area contributed by atoms with Crippen molar-refractivity contribution in [3.8, 4) is 0 Å². The maximum Gasteiger partial charge on any atom is 0.410 e. The van der Waals surface area contributed by atoms with E-state index in [9.17, 15) is 18.7 Å². The second kappa shape index (κ2) is 6.93. The molecule has 142 valence electrons. The van der Waals surface area contributed by atoms with E-state index in [1.165, 1.54) is 0 Å². The molecule has 2 aromatic rings. The number of benzene rings is 2. The van der Waals surface area contributed by atoms with Gasteiger partial charge in [-0.05, 0) is 40.7 Å². The van der Waals surface area contributed by atoms with E-state index in [2.05, 4.69) is 0 Å². The van der Waals surface area contributed by atoms with Gasteiger partial charge in [0.05, 0.1) is 0 Å². The molecule has 1 heterocycles. The van der Waals surface area contributed by atoms with Crippen LogP contribution < -0.4 is 0 Å². The van der Waals surface area contributed by atoms with Crippen molar-refractivity contribution in [3.05, 3.63) is 70.3 Å². The third-order valence-electron chi connectivity index (χ3n) is 5.39. The third-order valence-corrected chi connectivity index (χ3v) is 5.39. The number of carbonyl (C=O) groups excluding carboxylic acids is 1. The van der Waals surface area contributed by atoms with Crippen molar-refractivity contribution in [2.75, 3.05) is 13.1 Å². The van der Waals surface area contributed by atoms with Crippen LogP contribution in [0.15, 0.2) is 42.5 Å². The molecular formula is C21H21F2NO3. The summed E-state index contributed by atoms with van der Waals surface area (Å²) in [5.41, 5.74) is 3.45. The summed E-state index contributed by atoms with van der Waals surface area (Å²) in [4.78, 5) is 14.0. The molecule has 0 bridgehead atoms. The lowest BCUT2D eigenvalue weighted by atomic mass is 9.93. The van der Waals surface area contributed by atoms with E-state index < -0.39 is 24.5 Å². The fourth-order valence-corrected chi connectivity index (χ4v) is 3.95. The first-order chi connectivity index (χ1) is 13.0. The minimum Gasteiger partial charge on any atom is -0.445 e. The highest BCUT2D eigenvalue weighted by molar-refractivity contribution is 5.68. The van der Waals surface area contributed by atoms with Crippen LogP contribution in [0.4, 0.5) is 13.6 Å². The molecule has 1 aliphatic heterocycles. The SMILES string of the molecule is O=C(OCc1ccccc1)N1CCc2ccc3c(c2CC1)C(O)C(F)(F)C3. The smallest absolute Gasteiger partial charge is 0.410 e. The number of halogens is 2. The fraction of sp³-hybridized carbons (Fsp3) is 0.381. The maximum atomic E-state index is 13.9. The van der Waals surface area contributed by atoms with Crippen molar-refractivity contribution < 1.29 is 23.4 Å². The van der Waals surface area contributed by atoms with Crippen LogP contribution in [0.5, 0.6) is 0 Å². The van der Waals surface area contributed by atoms with Crippen molar-refractivity contribution >= 4 is 6.09 Å². The average Bonchev–Trinajstić information content (AvgIpc) is 2.81. The maximum absolute atomic E-state index is 13.9. The molecule has 1 N–H and O–H groups in total. The molecule has 4 rings (SSSR count). The molecule has 2 aliphatic rings. The van der Waals surface area contributed by atoms with Gasteiger partial charge in [0, 0.05) is 19.5 Å². The van der Waals surface area contributed by atoms with E-state index in [0.29, 0.717) is 37.1 Å². The van der Waals surface area contributed by atoms with Gasteiger partial charge < -0.3 is 14.7 Å². The normalized spacial score (nSPS) is 20.6. The molecule has 0 fully saturated rings. The van der Waals surface area contributed by atoms with Crippen LogP contribution in [0, 0.1) is 0 Å². The number of hydrogen-bond acceptors (Lipinski definition) is 3. The minimum atomic E-state index is -3.13. The predicted octanol–water partition coefficient (Wildman–Crippen LogP) is 3.65. The summed E-state index contributed by atoms with van der Waals surface area (Å²) in [6, 6.07) is 13.0. The molecule has 1 aliphatic carbocycles. The standard InChI is InChI=1S/C21H21F2NO3/c22-21(23)12-16-7-6-15-8-10-24(11-9-17(15)18(16)19(21)25)20(26)27-13-14-4-2-1-3-5-14/h1-7,19,25H,8-13H2. The molecule has 0 saturated carbocycles. The van der Waals surface area contributed by atoms with Crippen molar-refractivity contribution in [2.24, 2.45) is 0 Å². The number of rotatable bonds is 2. The molecule has 6 heteroatoms. The summed E-state index contributed by atoms with van der Waals surface area (Å²) in [5, 5.41) is 10.1. The van der Waals surface area contributed by atoms with Gasteiger partial charge in [-0.25, -0.2) is 13.6 Å². The topological polar surface area (TPSA) is 49.8 Å². The van der Waals surface area contributed by atoms with Gasteiger partial charge in [-0.2, -0.15) is 0 Å². The van der Waals surface area contributed by atoms with E-state index in [4.69, 9.17) is 4.74 Å².